The van der Waals surface area contributed by atoms with Gasteiger partial charge in [-0.2, -0.15) is 5.10 Å². The maximum Gasteiger partial charge on any atom is 0.307 e. The van der Waals surface area contributed by atoms with Gasteiger partial charge >= 0.3 is 5.97 Å². The van der Waals surface area contributed by atoms with Gasteiger partial charge in [-0.25, -0.2) is 4.68 Å². The predicted molar refractivity (Wildman–Crippen MR) is 71.2 cm³/mol. The Labute approximate surface area is 112 Å². The molecule has 0 radical (unpaired) electrons. The fraction of sp³-hybridized carbons (Fsp3) is 0.615. The second kappa shape index (κ2) is 6.36. The molecule has 19 heavy (non-hydrogen) atoms. The Balaban J connectivity index is 2.04. The van der Waals surface area contributed by atoms with Gasteiger partial charge in [-0.05, 0) is 19.3 Å². The molecule has 1 aromatic heterocycles. The average molecular weight is 265 g/mol. The van der Waals surface area contributed by atoms with Crippen LogP contribution in [0.5, 0.6) is 0 Å². The van der Waals surface area contributed by atoms with Crippen molar-refractivity contribution in [2.24, 2.45) is 0 Å². The minimum Gasteiger partial charge on any atom is -0.469 e. The fourth-order valence-electron chi connectivity index (χ4n) is 2.22. The lowest BCUT2D eigenvalue weighted by Crippen LogP contribution is -2.32. The van der Waals surface area contributed by atoms with Crippen LogP contribution in [0.3, 0.4) is 0 Å². The first kappa shape index (κ1) is 13.6. The van der Waals surface area contributed by atoms with Crippen molar-refractivity contribution in [2.75, 3.05) is 25.1 Å². The number of carbonyl (C=O) groups excluding carboxylic acids is 1. The summed E-state index contributed by atoms with van der Waals surface area (Å²) in [4.78, 5) is 25.1. The molecule has 0 N–H and O–H groups in total. The zero-order valence-electron chi connectivity index (χ0n) is 11.2. The number of hydrogen-bond donors (Lipinski definition) is 0. The first-order valence-electron chi connectivity index (χ1n) is 6.59. The van der Waals surface area contributed by atoms with Crippen molar-refractivity contribution in [3.8, 4) is 0 Å². The van der Waals surface area contributed by atoms with E-state index in [0.29, 0.717) is 0 Å². The summed E-state index contributed by atoms with van der Waals surface area (Å²) in [5.74, 6) is -0.339. The van der Waals surface area contributed by atoms with Crippen LogP contribution in [0.2, 0.25) is 0 Å². The third kappa shape index (κ3) is 3.56. The summed E-state index contributed by atoms with van der Waals surface area (Å²) in [7, 11) is 1.33. The SMILES string of the molecule is COC(=O)CCn1ncc(N2CCCCC2)cc1=O. The number of nitrogens with zero attached hydrogens (tertiary/aromatic N) is 3. The van der Waals surface area contributed by atoms with Crippen LogP contribution in [0.25, 0.3) is 0 Å². The minimum absolute atomic E-state index is 0.159. The van der Waals surface area contributed by atoms with Crippen LogP contribution in [0.1, 0.15) is 25.7 Å². The summed E-state index contributed by atoms with van der Waals surface area (Å²) in [5, 5.41) is 4.11. The molecule has 6 heteroatoms. The van der Waals surface area contributed by atoms with Crippen LogP contribution >= 0.6 is 0 Å². The van der Waals surface area contributed by atoms with Gasteiger partial charge in [0.15, 0.2) is 0 Å². The highest BCUT2D eigenvalue weighted by Gasteiger charge is 2.12. The van der Waals surface area contributed by atoms with E-state index < -0.39 is 0 Å². The number of rotatable bonds is 4. The summed E-state index contributed by atoms with van der Waals surface area (Å²) in [6, 6.07) is 1.59. The second-order valence-electron chi connectivity index (χ2n) is 4.65. The van der Waals surface area contributed by atoms with Crippen molar-refractivity contribution in [3.63, 3.8) is 0 Å². The van der Waals surface area contributed by atoms with Gasteiger partial charge in [0, 0.05) is 19.2 Å². The van der Waals surface area contributed by atoms with Gasteiger partial charge in [0.2, 0.25) is 0 Å². The van der Waals surface area contributed by atoms with Gasteiger partial charge in [-0.15, -0.1) is 0 Å². The van der Waals surface area contributed by atoms with Gasteiger partial charge in [0.1, 0.15) is 0 Å². The van der Waals surface area contributed by atoms with Crippen LogP contribution in [0.15, 0.2) is 17.1 Å². The number of piperidine rings is 1. The number of methoxy groups -OCH3 is 1. The smallest absolute Gasteiger partial charge is 0.307 e. The molecule has 0 aliphatic carbocycles. The van der Waals surface area contributed by atoms with Crippen molar-refractivity contribution < 1.29 is 9.53 Å². The largest absolute Gasteiger partial charge is 0.469 e. The van der Waals surface area contributed by atoms with Crippen molar-refractivity contribution in [3.05, 3.63) is 22.6 Å². The van der Waals surface area contributed by atoms with E-state index in [1.807, 2.05) is 0 Å². The molecular weight excluding hydrogens is 246 g/mol. The van der Waals surface area contributed by atoms with Gasteiger partial charge in [-0.1, -0.05) is 0 Å². The summed E-state index contributed by atoms with van der Waals surface area (Å²) >= 11 is 0. The Morgan fingerprint density at radius 2 is 2.11 bits per heavy atom. The first-order valence-corrected chi connectivity index (χ1v) is 6.59. The number of esters is 1. The molecule has 0 atom stereocenters. The molecular formula is C13H19N3O3. The van der Waals surface area contributed by atoms with Gasteiger partial charge < -0.3 is 9.64 Å². The van der Waals surface area contributed by atoms with Crippen LogP contribution < -0.4 is 10.5 Å². The van der Waals surface area contributed by atoms with Crippen molar-refractivity contribution >= 4 is 11.7 Å². The maximum atomic E-state index is 11.9. The van der Waals surface area contributed by atoms with E-state index in [0.717, 1.165) is 31.6 Å². The summed E-state index contributed by atoms with van der Waals surface area (Å²) in [5.41, 5.74) is 0.700. The predicted octanol–water partition coefficient (Wildman–Crippen LogP) is 0.797. The third-order valence-corrected chi connectivity index (χ3v) is 3.33. The lowest BCUT2D eigenvalue weighted by molar-refractivity contribution is -0.140. The molecule has 0 bridgehead atoms. The zero-order chi connectivity index (χ0) is 13.7. The van der Waals surface area contributed by atoms with Crippen LogP contribution in [-0.2, 0) is 16.1 Å². The number of ether oxygens (including phenoxy) is 1. The van der Waals surface area contributed by atoms with Crippen LogP contribution in [0, 0.1) is 0 Å². The maximum absolute atomic E-state index is 11.9. The number of aryl methyl sites for hydroxylation is 1. The number of hydrogen-bond acceptors (Lipinski definition) is 5. The number of carbonyl (C=O) groups is 1. The molecule has 1 aliphatic rings. The Morgan fingerprint density at radius 1 is 1.37 bits per heavy atom. The zero-order valence-corrected chi connectivity index (χ0v) is 11.2. The first-order chi connectivity index (χ1) is 9.20. The molecule has 1 aliphatic heterocycles. The fourth-order valence-corrected chi connectivity index (χ4v) is 2.22. The molecule has 0 spiro atoms. The van der Waals surface area contributed by atoms with E-state index in [-0.39, 0.29) is 24.5 Å². The van der Waals surface area contributed by atoms with Gasteiger partial charge in [0.25, 0.3) is 5.56 Å². The van der Waals surface area contributed by atoms with E-state index in [4.69, 9.17) is 0 Å². The van der Waals surface area contributed by atoms with Gasteiger partial charge in [-0.3, -0.25) is 9.59 Å². The second-order valence-corrected chi connectivity index (χ2v) is 4.65. The quantitative estimate of drug-likeness (QED) is 0.753. The number of anilines is 1. The van der Waals surface area contributed by atoms with E-state index in [9.17, 15) is 9.59 Å². The highest BCUT2D eigenvalue weighted by Crippen LogP contribution is 2.16. The highest BCUT2D eigenvalue weighted by atomic mass is 16.5. The van der Waals surface area contributed by atoms with E-state index >= 15 is 0 Å². The highest BCUT2D eigenvalue weighted by molar-refractivity contribution is 5.68. The van der Waals surface area contributed by atoms with Crippen LogP contribution in [0.4, 0.5) is 5.69 Å². The topological polar surface area (TPSA) is 64.4 Å². The summed E-state index contributed by atoms with van der Waals surface area (Å²) in [6.45, 7) is 2.21. The normalized spacial score (nSPS) is 15.3. The third-order valence-electron chi connectivity index (χ3n) is 3.33. The summed E-state index contributed by atoms with van der Waals surface area (Å²) < 4.78 is 5.84. The monoisotopic (exact) mass is 265 g/mol. The average Bonchev–Trinajstić information content (AvgIpc) is 2.46. The van der Waals surface area contributed by atoms with E-state index in [1.54, 1.807) is 12.3 Å². The van der Waals surface area contributed by atoms with Crippen LogP contribution in [-0.4, -0.2) is 35.9 Å². The van der Waals surface area contributed by atoms with Crippen molar-refractivity contribution in [1.82, 2.24) is 9.78 Å². The van der Waals surface area contributed by atoms with Gasteiger partial charge in [0.05, 0.1) is 32.0 Å². The molecule has 1 aromatic rings. The molecule has 1 fully saturated rings. The molecule has 0 saturated carbocycles. The van der Waals surface area contributed by atoms with E-state index in [1.165, 1.54) is 18.2 Å². The minimum atomic E-state index is -0.339. The van der Waals surface area contributed by atoms with Crippen molar-refractivity contribution in [1.29, 1.82) is 0 Å². The lowest BCUT2D eigenvalue weighted by Gasteiger charge is -2.28. The summed E-state index contributed by atoms with van der Waals surface area (Å²) in [6.07, 6.45) is 5.42. The lowest BCUT2D eigenvalue weighted by atomic mass is 10.1. The molecule has 6 nitrogen and oxygen atoms in total. The molecule has 0 amide bonds. The standard InChI is InChI=1S/C13H19N3O3/c1-19-13(18)5-8-16-12(17)9-11(10-14-16)15-6-3-2-4-7-15/h9-10H,2-8H2,1H3. The Morgan fingerprint density at radius 3 is 2.74 bits per heavy atom. The Kier molecular flexibility index (Phi) is 4.54. The number of aromatic nitrogens is 2. The molecule has 2 heterocycles. The molecule has 2 rings (SSSR count). The Hall–Kier alpha value is -1.85. The van der Waals surface area contributed by atoms with Crippen molar-refractivity contribution in [2.45, 2.75) is 32.2 Å². The Bertz CT molecular complexity index is 492. The van der Waals surface area contributed by atoms with E-state index in [2.05, 4.69) is 14.7 Å². The molecule has 104 valence electrons. The molecule has 1 saturated heterocycles. The molecule has 0 unspecified atom stereocenters. The molecule has 0 aromatic carbocycles.